The second kappa shape index (κ2) is 9.55. The molecular formula is C19H19ClN2O3. The summed E-state index contributed by atoms with van der Waals surface area (Å²) in [4.78, 5) is 11.3. The van der Waals surface area contributed by atoms with E-state index in [1.165, 1.54) is 0 Å². The van der Waals surface area contributed by atoms with E-state index >= 15 is 0 Å². The van der Waals surface area contributed by atoms with E-state index in [4.69, 9.17) is 26.3 Å². The van der Waals surface area contributed by atoms with Crippen molar-refractivity contribution in [2.75, 3.05) is 13.7 Å². The lowest BCUT2D eigenvalue weighted by Crippen LogP contribution is -2.24. The van der Waals surface area contributed by atoms with E-state index in [1.54, 1.807) is 7.11 Å². The Morgan fingerprint density at radius 1 is 1.24 bits per heavy atom. The van der Waals surface area contributed by atoms with E-state index < -0.39 is 0 Å². The number of nitrogens with one attached hydrogen (secondary N) is 1. The summed E-state index contributed by atoms with van der Waals surface area (Å²) < 4.78 is 11.2. The zero-order valence-electron chi connectivity index (χ0n) is 13.9. The fourth-order valence-corrected chi connectivity index (χ4v) is 2.43. The lowest BCUT2D eigenvalue weighted by molar-refractivity contribution is -0.120. The molecule has 0 aromatic heterocycles. The van der Waals surface area contributed by atoms with Crippen molar-refractivity contribution >= 4 is 17.5 Å². The summed E-state index contributed by atoms with van der Waals surface area (Å²) in [6.45, 7) is 0.787. The van der Waals surface area contributed by atoms with Gasteiger partial charge in [-0.05, 0) is 30.2 Å². The molecule has 0 heterocycles. The Morgan fingerprint density at radius 3 is 2.76 bits per heavy atom. The lowest BCUT2D eigenvalue weighted by atomic mass is 10.1. The number of hydrogen-bond acceptors (Lipinski definition) is 4. The Balaban J connectivity index is 2.00. The molecule has 6 heteroatoms. The summed E-state index contributed by atoms with van der Waals surface area (Å²) in [6.07, 6.45) is 0.498. The molecule has 0 fully saturated rings. The number of ether oxygens (including phenoxy) is 2. The normalized spacial score (nSPS) is 9.96. The van der Waals surface area contributed by atoms with E-state index in [1.807, 2.05) is 48.5 Å². The molecule has 2 rings (SSSR count). The molecule has 2 aromatic rings. The molecule has 0 aliphatic carbocycles. The quantitative estimate of drug-likeness (QED) is 0.784. The fourth-order valence-electron chi connectivity index (χ4n) is 2.24. The van der Waals surface area contributed by atoms with Gasteiger partial charge in [-0.3, -0.25) is 4.79 Å². The first-order valence-electron chi connectivity index (χ1n) is 7.81. The monoisotopic (exact) mass is 358 g/mol. The van der Waals surface area contributed by atoms with Crippen LogP contribution in [0.1, 0.15) is 17.5 Å². The molecule has 0 atom stereocenters. The van der Waals surface area contributed by atoms with E-state index in [0.29, 0.717) is 36.1 Å². The topological polar surface area (TPSA) is 71.3 Å². The number of rotatable bonds is 8. The van der Waals surface area contributed by atoms with E-state index in [-0.39, 0.29) is 12.3 Å². The van der Waals surface area contributed by atoms with Crippen LogP contribution in [0.5, 0.6) is 11.5 Å². The Labute approximate surface area is 152 Å². The third-order valence-electron chi connectivity index (χ3n) is 3.54. The summed E-state index contributed by atoms with van der Waals surface area (Å²) >= 11 is 6.14. The smallest absolute Gasteiger partial charge is 0.234 e. The van der Waals surface area contributed by atoms with Gasteiger partial charge in [-0.15, -0.1) is 0 Å². The number of benzene rings is 2. The molecule has 0 radical (unpaired) electrons. The van der Waals surface area contributed by atoms with Gasteiger partial charge in [0, 0.05) is 17.1 Å². The van der Waals surface area contributed by atoms with Gasteiger partial charge in [0.15, 0.2) is 11.5 Å². The van der Waals surface area contributed by atoms with Gasteiger partial charge in [-0.2, -0.15) is 5.26 Å². The number of carbonyl (C=O) groups excluding carboxylic acids is 1. The van der Waals surface area contributed by atoms with Crippen molar-refractivity contribution < 1.29 is 14.3 Å². The molecule has 1 N–H and O–H groups in total. The van der Waals surface area contributed by atoms with Crippen LogP contribution in [0.15, 0.2) is 42.5 Å². The van der Waals surface area contributed by atoms with Gasteiger partial charge in [0.1, 0.15) is 13.0 Å². The highest BCUT2D eigenvalue weighted by Gasteiger charge is 2.08. The summed E-state index contributed by atoms with van der Waals surface area (Å²) in [7, 11) is 1.58. The third kappa shape index (κ3) is 5.70. The molecule has 130 valence electrons. The van der Waals surface area contributed by atoms with Crippen LogP contribution in [-0.2, 0) is 17.8 Å². The van der Waals surface area contributed by atoms with Crippen LogP contribution >= 0.6 is 11.6 Å². The molecule has 0 aliphatic heterocycles. The first-order chi connectivity index (χ1) is 12.1. The zero-order chi connectivity index (χ0) is 18.1. The van der Waals surface area contributed by atoms with Crippen molar-refractivity contribution in [3.05, 3.63) is 58.6 Å². The van der Waals surface area contributed by atoms with Crippen LogP contribution in [0.4, 0.5) is 0 Å². The molecule has 0 saturated carbocycles. The number of amides is 1. The highest BCUT2D eigenvalue weighted by atomic mass is 35.5. The van der Waals surface area contributed by atoms with Crippen LogP contribution in [0.2, 0.25) is 5.02 Å². The van der Waals surface area contributed by atoms with Crippen LogP contribution in [0.25, 0.3) is 0 Å². The fraction of sp³-hybridized carbons (Fsp3) is 0.263. The van der Waals surface area contributed by atoms with E-state index in [2.05, 4.69) is 5.32 Å². The maximum atomic E-state index is 11.3. The predicted molar refractivity (Wildman–Crippen MR) is 95.7 cm³/mol. The van der Waals surface area contributed by atoms with Crippen LogP contribution in [0, 0.1) is 11.3 Å². The molecule has 5 nitrogen and oxygen atoms in total. The summed E-state index contributed by atoms with van der Waals surface area (Å²) in [5, 5.41) is 11.8. The number of hydrogen-bond donors (Lipinski definition) is 1. The second-order valence-electron chi connectivity index (χ2n) is 5.30. The van der Waals surface area contributed by atoms with Gasteiger partial charge in [0.2, 0.25) is 5.91 Å². The van der Waals surface area contributed by atoms with Gasteiger partial charge in [0.05, 0.1) is 13.2 Å². The van der Waals surface area contributed by atoms with Crippen molar-refractivity contribution in [3.63, 3.8) is 0 Å². The van der Waals surface area contributed by atoms with Gasteiger partial charge < -0.3 is 14.8 Å². The first-order valence-corrected chi connectivity index (χ1v) is 8.18. The molecule has 0 bridgehead atoms. The number of carbonyl (C=O) groups is 1. The second-order valence-corrected chi connectivity index (χ2v) is 5.71. The van der Waals surface area contributed by atoms with Gasteiger partial charge in [-0.1, -0.05) is 35.9 Å². The first kappa shape index (κ1) is 18.6. The minimum Gasteiger partial charge on any atom is -0.493 e. The molecule has 25 heavy (non-hydrogen) atoms. The Kier molecular flexibility index (Phi) is 7.12. The highest BCUT2D eigenvalue weighted by Crippen LogP contribution is 2.29. The maximum absolute atomic E-state index is 11.3. The molecule has 0 spiro atoms. The molecule has 2 aromatic carbocycles. The average Bonchev–Trinajstić information content (AvgIpc) is 2.61. The van der Waals surface area contributed by atoms with E-state index in [9.17, 15) is 4.79 Å². The summed E-state index contributed by atoms with van der Waals surface area (Å²) in [5.74, 6) is 0.971. The van der Waals surface area contributed by atoms with Crippen molar-refractivity contribution in [3.8, 4) is 17.6 Å². The summed E-state index contributed by atoms with van der Waals surface area (Å²) in [5.41, 5.74) is 1.88. The zero-order valence-corrected chi connectivity index (χ0v) is 14.7. The van der Waals surface area contributed by atoms with Crippen LogP contribution in [0.3, 0.4) is 0 Å². The van der Waals surface area contributed by atoms with Crippen molar-refractivity contribution in [1.29, 1.82) is 5.26 Å². The van der Waals surface area contributed by atoms with E-state index in [0.717, 1.165) is 11.1 Å². The Hall–Kier alpha value is -2.71. The lowest BCUT2D eigenvalue weighted by Gasteiger charge is -2.13. The minimum absolute atomic E-state index is 0.130. The molecular weight excluding hydrogens is 340 g/mol. The highest BCUT2D eigenvalue weighted by molar-refractivity contribution is 6.31. The van der Waals surface area contributed by atoms with Crippen molar-refractivity contribution in [2.45, 2.75) is 19.4 Å². The molecule has 0 aliphatic rings. The average molecular weight is 359 g/mol. The third-order valence-corrected chi connectivity index (χ3v) is 3.91. The number of methoxy groups -OCH3 is 1. The Bertz CT molecular complexity index is 772. The van der Waals surface area contributed by atoms with Gasteiger partial charge >= 0.3 is 0 Å². The van der Waals surface area contributed by atoms with Crippen LogP contribution < -0.4 is 14.8 Å². The summed E-state index contributed by atoms with van der Waals surface area (Å²) in [6, 6.07) is 14.9. The SMILES string of the molecule is COc1ccc(CCNC(=O)CC#N)cc1OCc1ccccc1Cl. The number of nitriles is 1. The largest absolute Gasteiger partial charge is 0.493 e. The van der Waals surface area contributed by atoms with Gasteiger partial charge in [-0.25, -0.2) is 0 Å². The maximum Gasteiger partial charge on any atom is 0.234 e. The molecule has 0 unspecified atom stereocenters. The number of nitrogens with zero attached hydrogens (tertiary/aromatic N) is 1. The van der Waals surface area contributed by atoms with Gasteiger partial charge in [0.25, 0.3) is 0 Å². The van der Waals surface area contributed by atoms with Crippen molar-refractivity contribution in [1.82, 2.24) is 5.32 Å². The van der Waals surface area contributed by atoms with Crippen molar-refractivity contribution in [2.24, 2.45) is 0 Å². The Morgan fingerprint density at radius 2 is 2.04 bits per heavy atom. The standard InChI is InChI=1S/C19H19ClN2O3/c1-24-17-7-6-14(9-11-22-19(23)8-10-21)12-18(17)25-13-15-4-2-3-5-16(15)20/h2-7,12H,8-9,11,13H2,1H3,(H,22,23). The molecule has 0 saturated heterocycles. The predicted octanol–water partition coefficient (Wildman–Crippen LogP) is 3.50. The number of halogens is 1. The minimum atomic E-state index is -0.272. The molecule has 1 amide bonds. The van der Waals surface area contributed by atoms with Crippen LogP contribution in [-0.4, -0.2) is 19.6 Å².